The quantitative estimate of drug-likeness (QED) is 0.447. The second-order valence-electron chi connectivity index (χ2n) is 5.65. The van der Waals surface area contributed by atoms with Gasteiger partial charge in [-0.05, 0) is 48.4 Å². The first-order valence-corrected chi connectivity index (χ1v) is 8.26. The van der Waals surface area contributed by atoms with Crippen molar-refractivity contribution in [2.24, 2.45) is 0 Å². The molecule has 0 N–H and O–H groups in total. The number of benzene rings is 2. The molecule has 3 nitrogen and oxygen atoms in total. The number of carbonyl (C=O) groups excluding carboxylic acids is 1. The number of hydrogen-bond acceptors (Lipinski definition) is 3. The average molecular weight is 332 g/mol. The summed E-state index contributed by atoms with van der Waals surface area (Å²) in [6.07, 6.45) is 4.18. The van der Waals surface area contributed by atoms with Gasteiger partial charge in [-0.2, -0.15) is 0 Å². The Morgan fingerprint density at radius 3 is 2.52 bits per heavy atom. The monoisotopic (exact) mass is 332 g/mol. The molecule has 2 aromatic carbocycles. The number of hydrogen-bond donors (Lipinski definition) is 0. The molecule has 0 aliphatic heterocycles. The van der Waals surface area contributed by atoms with Gasteiger partial charge >= 0.3 is 0 Å². The van der Waals surface area contributed by atoms with Crippen LogP contribution in [0, 0.1) is 0 Å². The highest BCUT2D eigenvalue weighted by Gasteiger charge is 2.09. The lowest BCUT2D eigenvalue weighted by Crippen LogP contribution is -1.94. The average Bonchev–Trinajstić information content (AvgIpc) is 3.15. The number of allylic oxidation sites excluding steroid dienone is 1. The third-order valence-electron chi connectivity index (χ3n) is 4.04. The number of para-hydroxylation sites is 1. The van der Waals surface area contributed by atoms with Gasteiger partial charge in [0, 0.05) is 5.56 Å². The second kappa shape index (κ2) is 7.67. The Bertz CT molecular complexity index is 886. The van der Waals surface area contributed by atoms with Gasteiger partial charge in [-0.1, -0.05) is 43.3 Å². The largest absolute Gasteiger partial charge is 0.496 e. The second-order valence-corrected chi connectivity index (χ2v) is 5.65. The lowest BCUT2D eigenvalue weighted by Gasteiger charge is -2.04. The van der Waals surface area contributed by atoms with E-state index < -0.39 is 0 Å². The zero-order valence-electron chi connectivity index (χ0n) is 14.4. The standard InChI is InChI=1S/C22H20O3/c1-3-16-8-10-17(11-9-16)20(23)14-12-18-13-15-22(25-18)19-6-4-5-7-21(19)24-2/h4-15H,3H2,1-2H3/b14-12+. The summed E-state index contributed by atoms with van der Waals surface area (Å²) in [5, 5.41) is 0. The fourth-order valence-corrected chi connectivity index (χ4v) is 2.59. The molecule has 25 heavy (non-hydrogen) atoms. The maximum atomic E-state index is 12.2. The van der Waals surface area contributed by atoms with Gasteiger partial charge < -0.3 is 9.15 Å². The van der Waals surface area contributed by atoms with Gasteiger partial charge in [-0.3, -0.25) is 4.79 Å². The van der Waals surface area contributed by atoms with Gasteiger partial charge in [-0.25, -0.2) is 0 Å². The molecule has 0 amide bonds. The van der Waals surface area contributed by atoms with Crippen LogP contribution in [0.1, 0.15) is 28.6 Å². The van der Waals surface area contributed by atoms with Crippen LogP contribution in [0.25, 0.3) is 17.4 Å². The van der Waals surface area contributed by atoms with Crippen LogP contribution in [0.4, 0.5) is 0 Å². The first-order chi connectivity index (χ1) is 12.2. The van der Waals surface area contributed by atoms with Crippen LogP contribution < -0.4 is 4.74 Å². The summed E-state index contributed by atoms with van der Waals surface area (Å²) >= 11 is 0. The van der Waals surface area contributed by atoms with E-state index in [1.165, 1.54) is 11.6 Å². The molecule has 0 atom stereocenters. The Morgan fingerprint density at radius 2 is 1.80 bits per heavy atom. The lowest BCUT2D eigenvalue weighted by atomic mass is 10.1. The summed E-state index contributed by atoms with van der Waals surface area (Å²) in [7, 11) is 1.63. The third kappa shape index (κ3) is 3.89. The Kier molecular flexibility index (Phi) is 5.14. The van der Waals surface area contributed by atoms with Crippen molar-refractivity contribution >= 4 is 11.9 Å². The van der Waals surface area contributed by atoms with Gasteiger partial charge in [0.25, 0.3) is 0 Å². The van der Waals surface area contributed by atoms with Gasteiger partial charge in [0.05, 0.1) is 12.7 Å². The Morgan fingerprint density at radius 1 is 1.04 bits per heavy atom. The van der Waals surface area contributed by atoms with E-state index in [0.717, 1.165) is 17.7 Å². The van der Waals surface area contributed by atoms with Crippen molar-refractivity contribution in [3.05, 3.63) is 83.6 Å². The van der Waals surface area contributed by atoms with Crippen LogP contribution in [-0.4, -0.2) is 12.9 Å². The number of carbonyl (C=O) groups is 1. The van der Waals surface area contributed by atoms with Gasteiger partial charge in [-0.15, -0.1) is 0 Å². The Hall–Kier alpha value is -3.07. The SMILES string of the molecule is CCc1ccc(C(=O)/C=C/c2ccc(-c3ccccc3OC)o2)cc1. The third-order valence-corrected chi connectivity index (χ3v) is 4.04. The van der Waals surface area contributed by atoms with Gasteiger partial charge in [0.2, 0.25) is 0 Å². The Balaban J connectivity index is 1.76. The number of furan rings is 1. The highest BCUT2D eigenvalue weighted by atomic mass is 16.5. The number of methoxy groups -OCH3 is 1. The molecule has 3 aromatic rings. The number of aryl methyl sites for hydroxylation is 1. The lowest BCUT2D eigenvalue weighted by molar-refractivity contribution is 0.104. The topological polar surface area (TPSA) is 39.4 Å². The fraction of sp³-hybridized carbons (Fsp3) is 0.136. The molecule has 1 aromatic heterocycles. The molecule has 0 aliphatic carbocycles. The molecule has 1 heterocycles. The number of ketones is 1. The minimum atomic E-state index is -0.0436. The predicted molar refractivity (Wildman–Crippen MR) is 99.9 cm³/mol. The summed E-state index contributed by atoms with van der Waals surface area (Å²) in [6, 6.07) is 19.0. The molecule has 126 valence electrons. The van der Waals surface area contributed by atoms with E-state index in [0.29, 0.717) is 17.1 Å². The molecule has 0 bridgehead atoms. The molecule has 0 unspecified atom stereocenters. The van der Waals surface area contributed by atoms with Crippen molar-refractivity contribution in [1.29, 1.82) is 0 Å². The summed E-state index contributed by atoms with van der Waals surface area (Å²) < 4.78 is 11.2. The maximum absolute atomic E-state index is 12.2. The molecule has 3 heteroatoms. The zero-order valence-corrected chi connectivity index (χ0v) is 14.4. The van der Waals surface area contributed by atoms with Crippen LogP contribution in [-0.2, 0) is 6.42 Å². The van der Waals surface area contributed by atoms with Crippen molar-refractivity contribution < 1.29 is 13.9 Å². The molecule has 0 spiro atoms. The van der Waals surface area contributed by atoms with E-state index in [-0.39, 0.29) is 5.78 Å². The molecule has 0 saturated carbocycles. The molecule has 0 fully saturated rings. The zero-order chi connectivity index (χ0) is 17.6. The van der Waals surface area contributed by atoms with Gasteiger partial charge in [0.1, 0.15) is 17.3 Å². The van der Waals surface area contributed by atoms with Crippen molar-refractivity contribution in [2.75, 3.05) is 7.11 Å². The molecule has 0 aliphatic rings. The minimum absolute atomic E-state index is 0.0436. The van der Waals surface area contributed by atoms with E-state index in [1.807, 2.05) is 60.7 Å². The summed E-state index contributed by atoms with van der Waals surface area (Å²) in [4.78, 5) is 12.2. The molecular weight excluding hydrogens is 312 g/mol. The van der Waals surface area contributed by atoms with E-state index in [1.54, 1.807) is 13.2 Å². The van der Waals surface area contributed by atoms with Crippen molar-refractivity contribution in [2.45, 2.75) is 13.3 Å². The van der Waals surface area contributed by atoms with Crippen molar-refractivity contribution in [1.82, 2.24) is 0 Å². The highest BCUT2D eigenvalue weighted by molar-refractivity contribution is 6.06. The normalized spacial score (nSPS) is 11.0. The minimum Gasteiger partial charge on any atom is -0.496 e. The van der Waals surface area contributed by atoms with Crippen LogP contribution in [0.15, 0.2) is 71.2 Å². The number of ether oxygens (including phenoxy) is 1. The van der Waals surface area contributed by atoms with Crippen molar-refractivity contribution in [3.8, 4) is 17.1 Å². The first-order valence-electron chi connectivity index (χ1n) is 8.26. The van der Waals surface area contributed by atoms with Crippen LogP contribution in [0.2, 0.25) is 0 Å². The highest BCUT2D eigenvalue weighted by Crippen LogP contribution is 2.31. The first kappa shape index (κ1) is 16.8. The predicted octanol–water partition coefficient (Wildman–Crippen LogP) is 5.41. The van der Waals surface area contributed by atoms with E-state index in [4.69, 9.17) is 9.15 Å². The smallest absolute Gasteiger partial charge is 0.185 e. The molecular formula is C22H20O3. The van der Waals surface area contributed by atoms with E-state index in [9.17, 15) is 4.79 Å². The maximum Gasteiger partial charge on any atom is 0.185 e. The van der Waals surface area contributed by atoms with Crippen LogP contribution in [0.3, 0.4) is 0 Å². The fourth-order valence-electron chi connectivity index (χ4n) is 2.59. The molecule has 0 radical (unpaired) electrons. The van der Waals surface area contributed by atoms with E-state index in [2.05, 4.69) is 6.92 Å². The number of rotatable bonds is 6. The molecule has 0 saturated heterocycles. The van der Waals surface area contributed by atoms with E-state index >= 15 is 0 Å². The van der Waals surface area contributed by atoms with Crippen LogP contribution in [0.5, 0.6) is 5.75 Å². The van der Waals surface area contributed by atoms with Crippen LogP contribution >= 0.6 is 0 Å². The summed E-state index contributed by atoms with van der Waals surface area (Å²) in [6.45, 7) is 2.09. The summed E-state index contributed by atoms with van der Waals surface area (Å²) in [5.41, 5.74) is 2.77. The van der Waals surface area contributed by atoms with Gasteiger partial charge in [0.15, 0.2) is 5.78 Å². The molecule has 3 rings (SSSR count). The van der Waals surface area contributed by atoms with Crippen molar-refractivity contribution in [3.63, 3.8) is 0 Å². The Labute approximate surface area is 147 Å². The summed E-state index contributed by atoms with van der Waals surface area (Å²) in [5.74, 6) is 2.04.